The predicted molar refractivity (Wildman–Crippen MR) is 101 cm³/mol. The molecule has 26 heavy (non-hydrogen) atoms. The van der Waals surface area contributed by atoms with Gasteiger partial charge >= 0.3 is 0 Å². The molecular weight excluding hydrogens is 356 g/mol. The molecule has 0 saturated heterocycles. The van der Waals surface area contributed by atoms with Crippen molar-refractivity contribution in [1.82, 2.24) is 5.32 Å². The molecule has 2 rings (SSSR count). The average molecular weight is 379 g/mol. The molecule has 0 aliphatic rings. The minimum atomic E-state index is -0.724. The number of ether oxygens (including phenoxy) is 1. The fourth-order valence-electron chi connectivity index (χ4n) is 2.30. The maximum atomic E-state index is 12.6. The van der Waals surface area contributed by atoms with Gasteiger partial charge in [0.1, 0.15) is 11.8 Å². The summed E-state index contributed by atoms with van der Waals surface area (Å²) in [7, 11) is 0. The summed E-state index contributed by atoms with van der Waals surface area (Å²) in [5.41, 5.74) is 0.522. The summed E-state index contributed by atoms with van der Waals surface area (Å²) in [5.74, 6) is -0.197. The van der Waals surface area contributed by atoms with E-state index in [0.717, 1.165) is 0 Å². The molecule has 0 spiro atoms. The molecule has 0 saturated carbocycles. The monoisotopic (exact) mass is 378 g/mol. The lowest BCUT2D eigenvalue weighted by Gasteiger charge is -2.21. The summed E-state index contributed by atoms with van der Waals surface area (Å²) < 4.78 is 10.6. The van der Waals surface area contributed by atoms with E-state index in [-0.39, 0.29) is 23.7 Å². The van der Waals surface area contributed by atoms with Crippen LogP contribution in [-0.4, -0.2) is 24.0 Å². The number of benzene rings is 1. The molecule has 6 nitrogen and oxygen atoms in total. The maximum absolute atomic E-state index is 12.6. The quantitative estimate of drug-likeness (QED) is 0.759. The highest BCUT2D eigenvalue weighted by Gasteiger charge is 2.25. The Hall–Kier alpha value is -2.47. The van der Waals surface area contributed by atoms with Gasteiger partial charge in [-0.1, -0.05) is 25.4 Å². The first-order valence-electron chi connectivity index (χ1n) is 8.39. The number of carbonyl (C=O) groups is 2. The summed E-state index contributed by atoms with van der Waals surface area (Å²) in [6.45, 7) is 7.50. The van der Waals surface area contributed by atoms with E-state index in [9.17, 15) is 9.59 Å². The van der Waals surface area contributed by atoms with Crippen LogP contribution < -0.4 is 15.4 Å². The molecular formula is C19H23ClN2O4. The lowest BCUT2D eigenvalue weighted by Crippen LogP contribution is -2.47. The van der Waals surface area contributed by atoms with Crippen molar-refractivity contribution in [3.8, 4) is 5.75 Å². The molecule has 1 atom stereocenters. The van der Waals surface area contributed by atoms with E-state index in [1.807, 2.05) is 27.7 Å². The standard InChI is InChI=1S/C19H23ClN2O4/c1-11(2)17(22-18(23)16-6-5-9-25-16)19(24)21-13-7-8-15(14(20)10-13)26-12(3)4/h5-12,17H,1-4H3,(H,21,24)(H,22,23). The number of hydrogen-bond acceptors (Lipinski definition) is 4. The highest BCUT2D eigenvalue weighted by atomic mass is 35.5. The Morgan fingerprint density at radius 1 is 1.15 bits per heavy atom. The zero-order chi connectivity index (χ0) is 19.3. The molecule has 1 aromatic carbocycles. The Kier molecular flexibility index (Phi) is 6.69. The van der Waals surface area contributed by atoms with Crippen molar-refractivity contribution in [1.29, 1.82) is 0 Å². The summed E-state index contributed by atoms with van der Waals surface area (Å²) in [6, 6.07) is 7.44. The van der Waals surface area contributed by atoms with Crippen molar-refractivity contribution in [2.45, 2.75) is 39.8 Å². The number of carbonyl (C=O) groups excluding carboxylic acids is 2. The fourth-order valence-corrected chi connectivity index (χ4v) is 2.53. The van der Waals surface area contributed by atoms with E-state index < -0.39 is 11.9 Å². The normalized spacial score (nSPS) is 12.1. The first kappa shape index (κ1) is 19.8. The third kappa shape index (κ3) is 5.26. The summed E-state index contributed by atoms with van der Waals surface area (Å²) >= 11 is 6.19. The second-order valence-electron chi connectivity index (χ2n) is 6.47. The number of hydrogen-bond donors (Lipinski definition) is 2. The van der Waals surface area contributed by atoms with Gasteiger partial charge in [0.2, 0.25) is 5.91 Å². The van der Waals surface area contributed by atoms with Crippen LogP contribution in [0, 0.1) is 5.92 Å². The minimum absolute atomic E-state index is 0.00456. The Labute approximate surface area is 157 Å². The van der Waals surface area contributed by atoms with Crippen molar-refractivity contribution < 1.29 is 18.7 Å². The minimum Gasteiger partial charge on any atom is -0.489 e. The van der Waals surface area contributed by atoms with Crippen molar-refractivity contribution in [3.63, 3.8) is 0 Å². The van der Waals surface area contributed by atoms with Crippen LogP contribution in [0.2, 0.25) is 5.02 Å². The van der Waals surface area contributed by atoms with Gasteiger partial charge in [-0.3, -0.25) is 9.59 Å². The van der Waals surface area contributed by atoms with Crippen LogP contribution in [0.5, 0.6) is 5.75 Å². The lowest BCUT2D eigenvalue weighted by molar-refractivity contribution is -0.118. The first-order valence-corrected chi connectivity index (χ1v) is 8.77. The van der Waals surface area contributed by atoms with Crippen LogP contribution >= 0.6 is 11.6 Å². The van der Waals surface area contributed by atoms with Gasteiger partial charge in [-0.25, -0.2) is 0 Å². The molecule has 2 amide bonds. The number of rotatable bonds is 7. The summed E-state index contributed by atoms with van der Waals surface area (Å²) in [5, 5.41) is 5.86. The van der Waals surface area contributed by atoms with Crippen LogP contribution in [0.25, 0.3) is 0 Å². The van der Waals surface area contributed by atoms with Gasteiger partial charge in [0.25, 0.3) is 5.91 Å². The highest BCUT2D eigenvalue weighted by Crippen LogP contribution is 2.28. The SMILES string of the molecule is CC(C)Oc1ccc(NC(=O)C(NC(=O)c2ccco2)C(C)C)cc1Cl. The summed E-state index contributed by atoms with van der Waals surface area (Å²) in [6.07, 6.45) is 1.40. The molecule has 0 bridgehead atoms. The fraction of sp³-hybridized carbons (Fsp3) is 0.368. The molecule has 1 heterocycles. The topological polar surface area (TPSA) is 80.6 Å². The van der Waals surface area contributed by atoms with E-state index in [4.69, 9.17) is 20.8 Å². The Morgan fingerprint density at radius 2 is 1.88 bits per heavy atom. The largest absolute Gasteiger partial charge is 0.489 e. The predicted octanol–water partition coefficient (Wildman–Crippen LogP) is 4.11. The lowest BCUT2D eigenvalue weighted by atomic mass is 10.0. The molecule has 0 aliphatic carbocycles. The van der Waals surface area contributed by atoms with Crippen LogP contribution in [-0.2, 0) is 4.79 Å². The van der Waals surface area contributed by atoms with Crippen molar-refractivity contribution >= 4 is 29.1 Å². The number of anilines is 1. The first-order chi connectivity index (χ1) is 12.3. The average Bonchev–Trinajstić information content (AvgIpc) is 3.08. The smallest absolute Gasteiger partial charge is 0.287 e. The zero-order valence-electron chi connectivity index (χ0n) is 15.2. The van der Waals surface area contributed by atoms with E-state index in [1.54, 1.807) is 24.3 Å². The maximum Gasteiger partial charge on any atom is 0.287 e. The van der Waals surface area contributed by atoms with Gasteiger partial charge in [0.05, 0.1) is 17.4 Å². The van der Waals surface area contributed by atoms with E-state index in [1.165, 1.54) is 12.3 Å². The molecule has 0 fully saturated rings. The van der Waals surface area contributed by atoms with Crippen LogP contribution in [0.1, 0.15) is 38.2 Å². The Bertz CT molecular complexity index is 757. The molecule has 0 radical (unpaired) electrons. The molecule has 2 aromatic rings. The summed E-state index contributed by atoms with van der Waals surface area (Å²) in [4.78, 5) is 24.8. The third-order valence-corrected chi connectivity index (χ3v) is 3.84. The van der Waals surface area contributed by atoms with E-state index >= 15 is 0 Å². The van der Waals surface area contributed by atoms with Gasteiger partial charge in [-0.05, 0) is 50.1 Å². The number of furan rings is 1. The van der Waals surface area contributed by atoms with Crippen molar-refractivity contribution in [2.24, 2.45) is 5.92 Å². The second kappa shape index (κ2) is 8.76. The molecule has 140 valence electrons. The van der Waals surface area contributed by atoms with Crippen molar-refractivity contribution in [2.75, 3.05) is 5.32 Å². The Morgan fingerprint density at radius 3 is 2.42 bits per heavy atom. The van der Waals surface area contributed by atoms with Gasteiger partial charge in [0.15, 0.2) is 5.76 Å². The van der Waals surface area contributed by atoms with Gasteiger partial charge in [-0.2, -0.15) is 0 Å². The number of nitrogens with one attached hydrogen (secondary N) is 2. The molecule has 2 N–H and O–H groups in total. The Balaban J connectivity index is 2.07. The highest BCUT2D eigenvalue weighted by molar-refractivity contribution is 6.32. The molecule has 1 aromatic heterocycles. The van der Waals surface area contributed by atoms with E-state index in [2.05, 4.69) is 10.6 Å². The van der Waals surface area contributed by atoms with Gasteiger partial charge in [-0.15, -0.1) is 0 Å². The molecule has 7 heteroatoms. The van der Waals surface area contributed by atoms with Crippen LogP contribution in [0.4, 0.5) is 5.69 Å². The molecule has 0 aliphatic heterocycles. The van der Waals surface area contributed by atoms with Crippen LogP contribution in [0.3, 0.4) is 0 Å². The molecule has 1 unspecified atom stereocenters. The number of amides is 2. The van der Waals surface area contributed by atoms with E-state index in [0.29, 0.717) is 16.5 Å². The number of halogens is 1. The zero-order valence-corrected chi connectivity index (χ0v) is 16.0. The third-order valence-electron chi connectivity index (χ3n) is 3.54. The van der Waals surface area contributed by atoms with Crippen molar-refractivity contribution in [3.05, 3.63) is 47.4 Å². The van der Waals surface area contributed by atoms with Gasteiger partial charge < -0.3 is 19.8 Å². The van der Waals surface area contributed by atoms with Crippen LogP contribution in [0.15, 0.2) is 41.0 Å². The second-order valence-corrected chi connectivity index (χ2v) is 6.88. The van der Waals surface area contributed by atoms with Gasteiger partial charge in [0, 0.05) is 5.69 Å².